The lowest BCUT2D eigenvalue weighted by atomic mass is 10.0. The number of carbonyl (C=O) groups is 1. The molecule has 1 saturated carbocycles. The molecular weight excluding hydrogens is 498 g/mol. The highest BCUT2D eigenvalue weighted by Crippen LogP contribution is 2.36. The van der Waals surface area contributed by atoms with Crippen LogP contribution in [0.25, 0.3) is 5.76 Å². The predicted octanol–water partition coefficient (Wildman–Crippen LogP) is 5.56. The molecule has 11 heteroatoms. The molecule has 186 valence electrons. The third-order valence-electron chi connectivity index (χ3n) is 5.01. The second kappa shape index (κ2) is 11.9. The van der Waals surface area contributed by atoms with Crippen LogP contribution in [-0.2, 0) is 0 Å². The molecule has 0 aliphatic heterocycles. The zero-order valence-corrected chi connectivity index (χ0v) is 20.7. The Kier molecular flexibility index (Phi) is 9.00. The fraction of sp³-hybridized carbons (Fsp3) is 0.292. The number of anilines is 1. The number of hydrogen-bond donors (Lipinski definition) is 3. The van der Waals surface area contributed by atoms with Crippen molar-refractivity contribution in [3.8, 4) is 11.5 Å². The number of rotatable bonds is 10. The highest BCUT2D eigenvalue weighted by molar-refractivity contribution is 7.80. The van der Waals surface area contributed by atoms with Crippen molar-refractivity contribution in [1.82, 2.24) is 10.6 Å². The monoisotopic (exact) mass is 522 g/mol. The summed E-state index contributed by atoms with van der Waals surface area (Å²) in [4.78, 5) is 16.5. The first-order valence-electron chi connectivity index (χ1n) is 10.7. The molecule has 0 unspecified atom stereocenters. The van der Waals surface area contributed by atoms with Gasteiger partial charge in [0.1, 0.15) is 17.3 Å². The van der Waals surface area contributed by atoms with Crippen molar-refractivity contribution in [2.45, 2.75) is 32.2 Å². The molecular formula is C24H25ClF2N4O3S. The van der Waals surface area contributed by atoms with Crippen LogP contribution >= 0.6 is 23.8 Å². The van der Waals surface area contributed by atoms with E-state index in [9.17, 15) is 13.6 Å². The lowest BCUT2D eigenvalue weighted by molar-refractivity contribution is 0.0889. The van der Waals surface area contributed by atoms with Crippen molar-refractivity contribution < 1.29 is 23.0 Å². The lowest BCUT2D eigenvalue weighted by Gasteiger charge is -2.17. The van der Waals surface area contributed by atoms with Crippen molar-refractivity contribution in [2.24, 2.45) is 4.99 Å². The molecule has 3 rings (SSSR count). The van der Waals surface area contributed by atoms with E-state index in [2.05, 4.69) is 27.7 Å². The Labute approximate surface area is 212 Å². The van der Waals surface area contributed by atoms with E-state index in [1.54, 1.807) is 31.2 Å². The normalized spacial score (nSPS) is 13.3. The smallest absolute Gasteiger partial charge is 0.255 e. The minimum Gasteiger partial charge on any atom is -0.496 e. The summed E-state index contributed by atoms with van der Waals surface area (Å²) < 4.78 is 36.5. The van der Waals surface area contributed by atoms with E-state index >= 15 is 0 Å². The number of alkyl halides is 2. The van der Waals surface area contributed by atoms with E-state index in [0.29, 0.717) is 44.6 Å². The maximum atomic E-state index is 12.6. The second-order valence-corrected chi connectivity index (χ2v) is 8.41. The Morgan fingerprint density at radius 3 is 2.63 bits per heavy atom. The summed E-state index contributed by atoms with van der Waals surface area (Å²) in [5, 5.41) is 9.30. The molecule has 0 radical (unpaired) electrons. The van der Waals surface area contributed by atoms with E-state index in [4.69, 9.17) is 33.3 Å². The molecule has 35 heavy (non-hydrogen) atoms. The zero-order valence-electron chi connectivity index (χ0n) is 19.2. The Bertz CT molecular complexity index is 1160. The number of nitrogens with one attached hydrogen (secondary N) is 3. The zero-order chi connectivity index (χ0) is 25.5. The van der Waals surface area contributed by atoms with Gasteiger partial charge in [0.2, 0.25) is 0 Å². The van der Waals surface area contributed by atoms with Crippen LogP contribution in [0.1, 0.15) is 35.7 Å². The van der Waals surface area contributed by atoms with Gasteiger partial charge in [0, 0.05) is 23.7 Å². The Hall–Kier alpha value is -3.24. The first-order valence-corrected chi connectivity index (χ1v) is 11.5. The van der Waals surface area contributed by atoms with Crippen LogP contribution in [0.5, 0.6) is 11.5 Å². The lowest BCUT2D eigenvalue weighted by Crippen LogP contribution is -2.30. The van der Waals surface area contributed by atoms with Crippen LogP contribution in [-0.4, -0.2) is 43.9 Å². The molecule has 7 nitrogen and oxygen atoms in total. The van der Waals surface area contributed by atoms with Gasteiger partial charge in [-0.25, -0.2) is 8.78 Å². The summed E-state index contributed by atoms with van der Waals surface area (Å²) in [6, 6.07) is 8.41. The first-order chi connectivity index (χ1) is 16.7. The summed E-state index contributed by atoms with van der Waals surface area (Å²) in [5.41, 5.74) is 1.46. The number of thiocarbonyl (C=S) groups is 1. The van der Waals surface area contributed by atoms with Crippen molar-refractivity contribution >= 4 is 58.7 Å². The molecule has 1 amide bonds. The first kappa shape index (κ1) is 26.4. The minimum atomic E-state index is -2.69. The number of hydrogen-bond acceptors (Lipinski definition) is 5. The van der Waals surface area contributed by atoms with Crippen molar-refractivity contribution in [3.05, 3.63) is 52.6 Å². The van der Waals surface area contributed by atoms with Crippen LogP contribution in [0.4, 0.5) is 20.2 Å². The highest BCUT2D eigenvalue weighted by Gasteiger charge is 2.22. The molecule has 0 saturated heterocycles. The van der Waals surface area contributed by atoms with Gasteiger partial charge in [-0.15, -0.1) is 0 Å². The molecule has 0 bridgehead atoms. The number of halogens is 3. The van der Waals surface area contributed by atoms with Crippen LogP contribution in [0.15, 0.2) is 41.4 Å². The van der Waals surface area contributed by atoms with Gasteiger partial charge in [0.15, 0.2) is 5.11 Å². The summed E-state index contributed by atoms with van der Waals surface area (Å²) >= 11 is 11.7. The van der Waals surface area contributed by atoms with Gasteiger partial charge in [-0.3, -0.25) is 9.79 Å². The van der Waals surface area contributed by atoms with Gasteiger partial charge in [-0.1, -0.05) is 11.6 Å². The number of allylic oxidation sites excluding steroid dienone is 1. The maximum absolute atomic E-state index is 12.6. The number of methoxy groups -OCH3 is 1. The van der Waals surface area contributed by atoms with Crippen LogP contribution in [0.3, 0.4) is 0 Å². The molecule has 2 aromatic rings. The van der Waals surface area contributed by atoms with Crippen LogP contribution < -0.4 is 25.4 Å². The predicted molar refractivity (Wildman–Crippen MR) is 139 cm³/mol. The topological polar surface area (TPSA) is 84.0 Å². The van der Waals surface area contributed by atoms with Gasteiger partial charge in [0.05, 0.1) is 35.6 Å². The van der Waals surface area contributed by atoms with Gasteiger partial charge < -0.3 is 25.4 Å². The van der Waals surface area contributed by atoms with E-state index in [-0.39, 0.29) is 11.3 Å². The number of aliphatic imine (C=N–C) groups is 1. The molecule has 1 fully saturated rings. The largest absolute Gasteiger partial charge is 0.496 e. The van der Waals surface area contributed by atoms with Gasteiger partial charge in [-0.2, -0.15) is 0 Å². The molecule has 0 heterocycles. The quantitative estimate of drug-likeness (QED) is 0.215. The van der Waals surface area contributed by atoms with Gasteiger partial charge in [0.25, 0.3) is 12.3 Å². The molecule has 1 aliphatic rings. The number of nitrogens with zero attached hydrogens (tertiary/aromatic N) is 1. The van der Waals surface area contributed by atoms with E-state index in [1.165, 1.54) is 19.2 Å². The molecule has 0 aromatic heterocycles. The SMILES string of the molecule is C=Nc1cc(OC)c(C(=O)NCC(F)F)cc1/C(=C\C)Oc1ccc(NC(=S)NC2CC2)c(Cl)c1. The number of carbonyl (C=O) groups excluding carboxylic acids is 1. The molecule has 0 atom stereocenters. The number of ether oxygens (including phenoxy) is 2. The number of benzene rings is 2. The summed E-state index contributed by atoms with van der Waals surface area (Å²) in [6.45, 7) is 4.52. The average molecular weight is 523 g/mol. The summed E-state index contributed by atoms with van der Waals surface area (Å²) in [7, 11) is 1.36. The average Bonchev–Trinajstić information content (AvgIpc) is 3.65. The third-order valence-corrected chi connectivity index (χ3v) is 5.54. The summed E-state index contributed by atoms with van der Waals surface area (Å²) in [5.74, 6) is 0.209. The van der Waals surface area contributed by atoms with Crippen LogP contribution in [0.2, 0.25) is 5.02 Å². The van der Waals surface area contributed by atoms with Gasteiger partial charge in [-0.05, 0) is 63.0 Å². The van der Waals surface area contributed by atoms with E-state index in [0.717, 1.165) is 12.8 Å². The second-order valence-electron chi connectivity index (χ2n) is 7.60. The third kappa shape index (κ3) is 7.12. The Morgan fingerprint density at radius 2 is 2.06 bits per heavy atom. The minimum absolute atomic E-state index is 0.0488. The van der Waals surface area contributed by atoms with E-state index < -0.39 is 18.9 Å². The van der Waals surface area contributed by atoms with Crippen LogP contribution in [0, 0.1) is 0 Å². The summed E-state index contributed by atoms with van der Waals surface area (Å²) in [6.07, 6.45) is 1.18. The molecule has 0 spiro atoms. The van der Waals surface area contributed by atoms with Crippen molar-refractivity contribution in [3.63, 3.8) is 0 Å². The molecule has 3 N–H and O–H groups in total. The molecule has 1 aliphatic carbocycles. The Morgan fingerprint density at radius 1 is 1.31 bits per heavy atom. The fourth-order valence-corrected chi connectivity index (χ4v) is 3.63. The van der Waals surface area contributed by atoms with Crippen molar-refractivity contribution in [2.75, 3.05) is 19.0 Å². The molecule has 2 aromatic carbocycles. The fourth-order valence-electron chi connectivity index (χ4n) is 3.14. The van der Waals surface area contributed by atoms with E-state index in [1.807, 2.05) is 0 Å². The van der Waals surface area contributed by atoms with Crippen molar-refractivity contribution in [1.29, 1.82) is 0 Å². The number of amides is 1. The van der Waals surface area contributed by atoms with Gasteiger partial charge >= 0.3 is 0 Å². The maximum Gasteiger partial charge on any atom is 0.255 e. The highest BCUT2D eigenvalue weighted by atomic mass is 35.5. The Balaban J connectivity index is 1.85. The standard InChI is InChI=1S/C24H25ClF2N4O3S/c1-4-20(34-14-7-8-18(17(25)9-14)31-24(35)30-13-5-6-13)15-10-16(23(32)29-12-22(26)27)21(33-3)11-19(15)28-2/h4,7-11,13,22H,2,5-6,12H2,1,3H3,(H,29,32)(H2,30,31,35)/b20-4+.